The molecular formula is C25H28ClN3O4. The number of likely N-dealkylation sites (N-methyl/N-ethyl adjacent to an activating group) is 1. The molecule has 0 aliphatic carbocycles. The Labute approximate surface area is 198 Å². The van der Waals surface area contributed by atoms with Gasteiger partial charge in [-0.25, -0.2) is 4.98 Å². The molecular weight excluding hydrogens is 442 g/mol. The Morgan fingerprint density at radius 3 is 2.73 bits per heavy atom. The molecule has 0 aliphatic rings. The van der Waals surface area contributed by atoms with Crippen LogP contribution in [0.3, 0.4) is 0 Å². The molecule has 0 spiro atoms. The Hall–Kier alpha value is -3.32. The van der Waals surface area contributed by atoms with Crippen LogP contribution in [0.5, 0.6) is 11.5 Å². The van der Waals surface area contributed by atoms with Gasteiger partial charge in [-0.3, -0.25) is 9.59 Å². The number of benzene rings is 2. The number of hydrogen-bond donors (Lipinski definition) is 1. The molecule has 1 heterocycles. The van der Waals surface area contributed by atoms with E-state index in [1.54, 1.807) is 48.4 Å². The van der Waals surface area contributed by atoms with Crippen molar-refractivity contribution in [3.05, 3.63) is 69.2 Å². The Balaban J connectivity index is 1.77. The molecule has 3 rings (SSSR count). The highest BCUT2D eigenvalue weighted by Gasteiger charge is 2.14. The maximum absolute atomic E-state index is 12.8. The van der Waals surface area contributed by atoms with Crippen LogP contribution in [0.15, 0.2) is 47.3 Å². The van der Waals surface area contributed by atoms with Gasteiger partial charge in [0.25, 0.3) is 5.56 Å². The molecule has 2 aromatic carbocycles. The molecule has 1 amide bonds. The predicted molar refractivity (Wildman–Crippen MR) is 131 cm³/mol. The molecule has 8 heteroatoms. The second kappa shape index (κ2) is 11.0. The van der Waals surface area contributed by atoms with Crippen molar-refractivity contribution in [2.75, 3.05) is 20.3 Å². The third kappa shape index (κ3) is 6.14. The fourth-order valence-corrected chi connectivity index (χ4v) is 3.51. The third-order valence-electron chi connectivity index (χ3n) is 4.93. The minimum Gasteiger partial charge on any atom is -0.493 e. The fraction of sp³-hybridized carbons (Fsp3) is 0.320. The highest BCUT2D eigenvalue weighted by molar-refractivity contribution is 6.32. The number of rotatable bonds is 9. The van der Waals surface area contributed by atoms with Gasteiger partial charge in [-0.05, 0) is 48.7 Å². The van der Waals surface area contributed by atoms with Gasteiger partial charge < -0.3 is 19.4 Å². The molecule has 0 atom stereocenters. The second-order valence-corrected chi connectivity index (χ2v) is 8.36. The summed E-state index contributed by atoms with van der Waals surface area (Å²) < 4.78 is 11.2. The number of para-hydroxylation sites is 1. The van der Waals surface area contributed by atoms with Gasteiger partial charge >= 0.3 is 0 Å². The van der Waals surface area contributed by atoms with E-state index in [1.165, 1.54) is 6.08 Å². The standard InChI is InChI=1S/C25H28ClN3O4/c1-5-29(14-22-27-20-9-7-6-8-18(20)25(31)28-22)23(30)11-10-17-12-19(26)24(21(13-17)32-4)33-15-16(2)3/h6-13,16H,5,14-15H2,1-4H3,(H,27,28,31). The number of carbonyl (C=O) groups is 1. The molecule has 1 aromatic heterocycles. The third-order valence-corrected chi connectivity index (χ3v) is 5.21. The molecule has 33 heavy (non-hydrogen) atoms. The predicted octanol–water partition coefficient (Wildman–Crippen LogP) is 4.68. The smallest absolute Gasteiger partial charge is 0.258 e. The number of fused-ring (bicyclic) bond motifs is 1. The maximum atomic E-state index is 12.8. The van der Waals surface area contributed by atoms with Crippen molar-refractivity contribution >= 4 is 34.5 Å². The van der Waals surface area contributed by atoms with Crippen LogP contribution in [-0.2, 0) is 11.3 Å². The first-order valence-electron chi connectivity index (χ1n) is 10.8. The Morgan fingerprint density at radius 2 is 2.03 bits per heavy atom. The zero-order valence-corrected chi connectivity index (χ0v) is 20.0. The number of nitrogens with one attached hydrogen (secondary N) is 1. The molecule has 0 radical (unpaired) electrons. The lowest BCUT2D eigenvalue weighted by Gasteiger charge is -2.18. The average Bonchev–Trinajstić information content (AvgIpc) is 2.79. The summed E-state index contributed by atoms with van der Waals surface area (Å²) in [7, 11) is 1.54. The van der Waals surface area contributed by atoms with Crippen LogP contribution in [0, 0.1) is 5.92 Å². The number of ether oxygens (including phenoxy) is 2. The van der Waals surface area contributed by atoms with Gasteiger partial charge in [0, 0.05) is 12.6 Å². The van der Waals surface area contributed by atoms with E-state index in [4.69, 9.17) is 21.1 Å². The van der Waals surface area contributed by atoms with Crippen molar-refractivity contribution in [2.45, 2.75) is 27.3 Å². The van der Waals surface area contributed by atoms with Crippen molar-refractivity contribution in [3.8, 4) is 11.5 Å². The summed E-state index contributed by atoms with van der Waals surface area (Å²) in [6, 6.07) is 10.6. The van der Waals surface area contributed by atoms with Gasteiger partial charge in [0.2, 0.25) is 5.91 Å². The minimum atomic E-state index is -0.226. The molecule has 3 aromatic rings. The van der Waals surface area contributed by atoms with Gasteiger partial charge in [0.05, 0.1) is 36.2 Å². The van der Waals surface area contributed by atoms with Gasteiger partial charge in [-0.1, -0.05) is 37.6 Å². The monoisotopic (exact) mass is 469 g/mol. The fourth-order valence-electron chi connectivity index (χ4n) is 3.24. The average molecular weight is 470 g/mol. The van der Waals surface area contributed by atoms with E-state index in [9.17, 15) is 9.59 Å². The summed E-state index contributed by atoms with van der Waals surface area (Å²) in [6.07, 6.45) is 3.13. The Bertz CT molecular complexity index is 1220. The number of halogens is 1. The van der Waals surface area contributed by atoms with Gasteiger partial charge in [-0.15, -0.1) is 0 Å². The van der Waals surface area contributed by atoms with Crippen LogP contribution < -0.4 is 15.0 Å². The normalized spacial score (nSPS) is 11.3. The molecule has 0 fully saturated rings. The summed E-state index contributed by atoms with van der Waals surface area (Å²) in [5, 5.41) is 0.926. The number of nitrogens with zero attached hydrogens (tertiary/aromatic N) is 2. The lowest BCUT2D eigenvalue weighted by Crippen LogP contribution is -2.30. The number of H-pyrrole nitrogens is 1. The zero-order chi connectivity index (χ0) is 24.0. The van der Waals surface area contributed by atoms with Crippen LogP contribution >= 0.6 is 11.6 Å². The lowest BCUT2D eigenvalue weighted by molar-refractivity contribution is -0.126. The van der Waals surface area contributed by atoms with Gasteiger partial charge in [-0.2, -0.15) is 0 Å². The first-order valence-corrected chi connectivity index (χ1v) is 11.1. The highest BCUT2D eigenvalue weighted by atomic mass is 35.5. The zero-order valence-electron chi connectivity index (χ0n) is 19.2. The highest BCUT2D eigenvalue weighted by Crippen LogP contribution is 2.37. The van der Waals surface area contributed by atoms with E-state index in [2.05, 4.69) is 9.97 Å². The van der Waals surface area contributed by atoms with Crippen molar-refractivity contribution in [3.63, 3.8) is 0 Å². The summed E-state index contributed by atoms with van der Waals surface area (Å²) in [5.74, 6) is 1.54. The number of aromatic amines is 1. The van der Waals surface area contributed by atoms with Crippen molar-refractivity contribution < 1.29 is 14.3 Å². The lowest BCUT2D eigenvalue weighted by atomic mass is 10.1. The van der Waals surface area contributed by atoms with E-state index in [-0.39, 0.29) is 18.0 Å². The number of hydrogen-bond acceptors (Lipinski definition) is 5. The Morgan fingerprint density at radius 1 is 1.27 bits per heavy atom. The summed E-state index contributed by atoms with van der Waals surface area (Å²) in [5.41, 5.74) is 1.07. The van der Waals surface area contributed by atoms with Gasteiger partial charge in [0.1, 0.15) is 5.82 Å². The van der Waals surface area contributed by atoms with E-state index >= 15 is 0 Å². The van der Waals surface area contributed by atoms with Crippen molar-refractivity contribution in [1.82, 2.24) is 14.9 Å². The van der Waals surface area contributed by atoms with Gasteiger partial charge in [0.15, 0.2) is 11.5 Å². The molecule has 0 bridgehead atoms. The first kappa shape index (κ1) is 24.3. The molecule has 0 aliphatic heterocycles. The van der Waals surface area contributed by atoms with Crippen LogP contribution in [0.4, 0.5) is 0 Å². The second-order valence-electron chi connectivity index (χ2n) is 7.95. The van der Waals surface area contributed by atoms with Crippen LogP contribution in [0.1, 0.15) is 32.2 Å². The molecule has 0 saturated carbocycles. The molecule has 0 saturated heterocycles. The molecule has 1 N–H and O–H groups in total. The van der Waals surface area contributed by atoms with E-state index in [0.29, 0.717) is 57.9 Å². The van der Waals surface area contributed by atoms with Crippen molar-refractivity contribution in [1.29, 1.82) is 0 Å². The number of methoxy groups -OCH3 is 1. The molecule has 7 nitrogen and oxygen atoms in total. The van der Waals surface area contributed by atoms with Crippen LogP contribution in [-0.4, -0.2) is 41.0 Å². The molecule has 0 unspecified atom stereocenters. The van der Waals surface area contributed by atoms with E-state index in [0.717, 1.165) is 0 Å². The van der Waals surface area contributed by atoms with E-state index < -0.39 is 0 Å². The summed E-state index contributed by atoms with van der Waals surface area (Å²) in [4.78, 5) is 33.9. The van der Waals surface area contributed by atoms with Crippen molar-refractivity contribution in [2.24, 2.45) is 5.92 Å². The summed E-state index contributed by atoms with van der Waals surface area (Å²) >= 11 is 6.40. The first-order chi connectivity index (χ1) is 15.8. The number of carbonyl (C=O) groups excluding carboxylic acids is 1. The SMILES string of the molecule is CCN(Cc1nc2ccccc2c(=O)[nH]1)C(=O)C=Cc1cc(Cl)c(OCC(C)C)c(OC)c1. The topological polar surface area (TPSA) is 84.5 Å². The van der Waals surface area contributed by atoms with Crippen LogP contribution in [0.25, 0.3) is 17.0 Å². The summed E-state index contributed by atoms with van der Waals surface area (Å²) in [6.45, 7) is 7.11. The maximum Gasteiger partial charge on any atom is 0.258 e. The number of aromatic nitrogens is 2. The quantitative estimate of drug-likeness (QED) is 0.460. The minimum absolute atomic E-state index is 0.186. The Kier molecular flexibility index (Phi) is 8.11. The molecule has 174 valence electrons. The van der Waals surface area contributed by atoms with Crippen LogP contribution in [0.2, 0.25) is 5.02 Å². The largest absolute Gasteiger partial charge is 0.493 e. The number of amides is 1. The van der Waals surface area contributed by atoms with E-state index in [1.807, 2.05) is 26.8 Å².